The normalized spacial score (nSPS) is 11.1. The van der Waals surface area contributed by atoms with Gasteiger partial charge in [0.15, 0.2) is 0 Å². The van der Waals surface area contributed by atoms with Crippen molar-refractivity contribution in [2.75, 3.05) is 6.61 Å². The van der Waals surface area contributed by atoms with Crippen molar-refractivity contribution in [1.82, 2.24) is 0 Å². The second-order valence-corrected chi connectivity index (χ2v) is 9.84. The number of hydrogen-bond donors (Lipinski definition) is 0. The minimum Gasteiger partial charge on any atom is -0.522 e. The van der Waals surface area contributed by atoms with Crippen LogP contribution in [0.4, 0.5) is 0 Å². The first-order valence-corrected chi connectivity index (χ1v) is 14.2. The van der Waals surface area contributed by atoms with Gasteiger partial charge in [0.25, 0.3) is 0 Å². The molecule has 0 rings (SSSR count). The van der Waals surface area contributed by atoms with Crippen LogP contribution < -0.4 is 0 Å². The zero-order valence-corrected chi connectivity index (χ0v) is 21.4. The van der Waals surface area contributed by atoms with Gasteiger partial charge in [0.1, 0.15) is 0 Å². The summed E-state index contributed by atoms with van der Waals surface area (Å²) >= 11 is 0. The standard InChI is InChI=1S/C25H48O4Si/c1-4-6-8-10-12-13-14-15-16-18-20-28-24(26)22-23(3)25(27)29-30-21-19-17-11-9-7-5-2/h3-22,30H2,1-2H3. The number of rotatable bonds is 22. The molecule has 0 saturated carbocycles. The van der Waals surface area contributed by atoms with E-state index in [2.05, 4.69) is 20.4 Å². The molecular formula is C25H48O4Si. The van der Waals surface area contributed by atoms with Crippen LogP contribution in [0.15, 0.2) is 12.2 Å². The van der Waals surface area contributed by atoms with Crippen LogP contribution in [0, 0.1) is 0 Å². The van der Waals surface area contributed by atoms with E-state index in [0.29, 0.717) is 6.61 Å². The Balaban J connectivity index is 3.49. The Morgan fingerprint density at radius 2 is 1.17 bits per heavy atom. The number of ether oxygens (including phenoxy) is 1. The van der Waals surface area contributed by atoms with E-state index < -0.39 is 15.7 Å². The summed E-state index contributed by atoms with van der Waals surface area (Å²) in [5.41, 5.74) is 0.221. The van der Waals surface area contributed by atoms with Crippen molar-refractivity contribution in [2.45, 2.75) is 129 Å². The molecule has 0 fully saturated rings. The summed E-state index contributed by atoms with van der Waals surface area (Å²) < 4.78 is 10.6. The predicted octanol–water partition coefficient (Wildman–Crippen LogP) is 6.80. The van der Waals surface area contributed by atoms with Gasteiger partial charge in [-0.25, -0.2) is 4.79 Å². The SMILES string of the molecule is C=C(CC(=O)OCCCCCCCCCCCC)C(=O)O[SiH2]CCCCCCCC. The molecule has 0 aromatic heterocycles. The van der Waals surface area contributed by atoms with Crippen LogP contribution in [0.2, 0.25) is 6.04 Å². The summed E-state index contributed by atoms with van der Waals surface area (Å²) in [5, 5.41) is 0. The second kappa shape index (κ2) is 22.6. The lowest BCUT2D eigenvalue weighted by molar-refractivity contribution is -0.144. The lowest BCUT2D eigenvalue weighted by Gasteiger charge is -2.08. The number of esters is 1. The van der Waals surface area contributed by atoms with Crippen LogP contribution in [-0.2, 0) is 18.8 Å². The maximum absolute atomic E-state index is 11.9. The Hall–Kier alpha value is -1.10. The molecule has 0 unspecified atom stereocenters. The number of unbranched alkanes of at least 4 members (excludes halogenated alkanes) is 14. The summed E-state index contributed by atoms with van der Waals surface area (Å²) in [4.78, 5) is 23.8. The van der Waals surface area contributed by atoms with Crippen molar-refractivity contribution < 1.29 is 18.8 Å². The molecule has 0 amide bonds. The van der Waals surface area contributed by atoms with Crippen molar-refractivity contribution in [2.24, 2.45) is 0 Å². The molecule has 0 aliphatic heterocycles. The highest BCUT2D eigenvalue weighted by Crippen LogP contribution is 2.11. The maximum Gasteiger partial charge on any atom is 0.320 e. The summed E-state index contributed by atoms with van der Waals surface area (Å²) in [6.45, 7) is 8.59. The first kappa shape index (κ1) is 28.9. The maximum atomic E-state index is 11.9. The van der Waals surface area contributed by atoms with Crippen LogP contribution in [-0.4, -0.2) is 28.3 Å². The Morgan fingerprint density at radius 3 is 1.70 bits per heavy atom. The number of carbonyl (C=O) groups excluding carboxylic acids is 2. The fourth-order valence-corrected chi connectivity index (χ4v) is 4.49. The highest BCUT2D eigenvalue weighted by molar-refractivity contribution is 6.31. The van der Waals surface area contributed by atoms with Crippen molar-refractivity contribution in [3.63, 3.8) is 0 Å². The molecule has 0 aromatic rings. The van der Waals surface area contributed by atoms with E-state index in [-0.39, 0.29) is 18.0 Å². The highest BCUT2D eigenvalue weighted by Gasteiger charge is 2.13. The van der Waals surface area contributed by atoms with Crippen molar-refractivity contribution in [1.29, 1.82) is 0 Å². The Bertz CT molecular complexity index is 437. The van der Waals surface area contributed by atoms with Crippen molar-refractivity contribution in [3.05, 3.63) is 12.2 Å². The molecule has 30 heavy (non-hydrogen) atoms. The second-order valence-electron chi connectivity index (χ2n) is 8.44. The topological polar surface area (TPSA) is 52.6 Å². The van der Waals surface area contributed by atoms with Crippen LogP contribution in [0.3, 0.4) is 0 Å². The van der Waals surface area contributed by atoms with Crippen molar-refractivity contribution >= 4 is 21.7 Å². The van der Waals surface area contributed by atoms with E-state index in [0.717, 1.165) is 25.3 Å². The van der Waals surface area contributed by atoms with Crippen LogP contribution in [0.5, 0.6) is 0 Å². The van der Waals surface area contributed by atoms with E-state index >= 15 is 0 Å². The number of carbonyl (C=O) groups is 2. The van der Waals surface area contributed by atoms with E-state index in [4.69, 9.17) is 9.16 Å². The summed E-state index contributed by atoms with van der Waals surface area (Å²) in [5.74, 6) is -0.783. The van der Waals surface area contributed by atoms with Crippen LogP contribution in [0.25, 0.3) is 0 Å². The molecule has 0 aliphatic rings. The lowest BCUT2D eigenvalue weighted by Crippen LogP contribution is -2.15. The summed E-state index contributed by atoms with van der Waals surface area (Å²) in [6, 6.07) is 1.01. The molecule has 0 bridgehead atoms. The minimum atomic E-state index is -0.851. The zero-order chi connectivity index (χ0) is 22.3. The van der Waals surface area contributed by atoms with Gasteiger partial charge in [-0.1, -0.05) is 117 Å². The van der Waals surface area contributed by atoms with Gasteiger partial charge >= 0.3 is 11.9 Å². The van der Waals surface area contributed by atoms with Gasteiger partial charge < -0.3 is 9.16 Å². The summed E-state index contributed by atoms with van der Waals surface area (Å²) in [7, 11) is -0.851. The van der Waals surface area contributed by atoms with Gasteiger partial charge in [-0.2, -0.15) is 0 Å². The zero-order valence-electron chi connectivity index (χ0n) is 20.0. The largest absolute Gasteiger partial charge is 0.522 e. The molecule has 0 saturated heterocycles. The molecule has 0 aromatic carbocycles. The molecule has 0 heterocycles. The Kier molecular flexibility index (Phi) is 21.7. The molecule has 176 valence electrons. The van der Waals surface area contributed by atoms with Crippen LogP contribution in [0.1, 0.15) is 123 Å². The third-order valence-electron chi connectivity index (χ3n) is 5.39. The van der Waals surface area contributed by atoms with Gasteiger partial charge in [-0.3, -0.25) is 4.79 Å². The van der Waals surface area contributed by atoms with Crippen molar-refractivity contribution in [3.8, 4) is 0 Å². The lowest BCUT2D eigenvalue weighted by atomic mass is 10.1. The highest BCUT2D eigenvalue weighted by atomic mass is 28.2. The Labute approximate surface area is 188 Å². The molecule has 0 atom stereocenters. The fraction of sp³-hybridized carbons (Fsp3) is 0.840. The third kappa shape index (κ3) is 20.2. The van der Waals surface area contributed by atoms with Gasteiger partial charge in [-0.15, -0.1) is 0 Å². The Morgan fingerprint density at radius 1 is 0.700 bits per heavy atom. The molecule has 0 radical (unpaired) electrons. The fourth-order valence-electron chi connectivity index (χ4n) is 3.40. The average molecular weight is 441 g/mol. The monoisotopic (exact) mass is 440 g/mol. The van der Waals surface area contributed by atoms with Gasteiger partial charge in [-0.05, 0) is 12.5 Å². The molecular weight excluding hydrogens is 392 g/mol. The molecule has 4 nitrogen and oxygen atoms in total. The van der Waals surface area contributed by atoms with Gasteiger partial charge in [0, 0.05) is 5.57 Å². The minimum absolute atomic E-state index is 0.0536. The molecule has 0 N–H and O–H groups in total. The van der Waals surface area contributed by atoms with Gasteiger partial charge in [0.05, 0.1) is 13.0 Å². The molecule has 5 heteroatoms. The average Bonchev–Trinajstić information content (AvgIpc) is 2.73. The molecule has 0 spiro atoms. The molecule has 0 aliphatic carbocycles. The quantitative estimate of drug-likeness (QED) is 0.0803. The van der Waals surface area contributed by atoms with Gasteiger partial charge in [0.2, 0.25) is 9.76 Å². The first-order valence-electron chi connectivity index (χ1n) is 12.6. The van der Waals surface area contributed by atoms with E-state index in [9.17, 15) is 9.59 Å². The summed E-state index contributed by atoms with van der Waals surface area (Å²) in [6.07, 6.45) is 19.9. The van der Waals surface area contributed by atoms with E-state index in [1.807, 2.05) is 0 Å². The van der Waals surface area contributed by atoms with E-state index in [1.165, 1.54) is 83.5 Å². The number of hydrogen-bond acceptors (Lipinski definition) is 4. The smallest absolute Gasteiger partial charge is 0.320 e. The predicted molar refractivity (Wildman–Crippen MR) is 129 cm³/mol. The third-order valence-corrected chi connectivity index (χ3v) is 6.64. The van der Waals surface area contributed by atoms with E-state index in [1.54, 1.807) is 0 Å². The van der Waals surface area contributed by atoms with Crippen LogP contribution >= 0.6 is 0 Å². The first-order chi connectivity index (χ1) is 14.6.